The molecule has 5 nitrogen and oxygen atoms in total. The molecule has 1 aromatic rings. The van der Waals surface area contributed by atoms with Gasteiger partial charge in [0.15, 0.2) is 5.78 Å². The minimum Gasteiger partial charge on any atom is -0.497 e. The number of methoxy groups -OCH3 is 1. The fourth-order valence-corrected chi connectivity index (χ4v) is 2.74. The van der Waals surface area contributed by atoms with Gasteiger partial charge in [0, 0.05) is 37.4 Å². The zero-order valence-electron chi connectivity index (χ0n) is 13.5. The number of likely N-dealkylation sites (tertiary alicyclic amines) is 1. The molecular weight excluding hydrogens is 292 g/mol. The average Bonchev–Trinajstić information content (AvgIpc) is 2.61. The smallest absolute Gasteiger partial charge is 0.222 e. The Morgan fingerprint density at radius 1 is 1.22 bits per heavy atom. The quantitative estimate of drug-likeness (QED) is 0.757. The fraction of sp³-hybridized carbons (Fsp3) is 0.500. The van der Waals surface area contributed by atoms with Crippen molar-refractivity contribution < 1.29 is 14.3 Å². The van der Waals surface area contributed by atoms with E-state index in [2.05, 4.69) is 6.07 Å². The molecule has 0 spiro atoms. The second kappa shape index (κ2) is 8.33. The lowest BCUT2D eigenvalue weighted by molar-refractivity contribution is -0.132. The van der Waals surface area contributed by atoms with Crippen molar-refractivity contribution >= 4 is 11.7 Å². The molecule has 1 aromatic carbocycles. The predicted octanol–water partition coefficient (Wildman–Crippen LogP) is 2.81. The Bertz CT molecular complexity index is 581. The molecule has 1 aliphatic heterocycles. The molecule has 1 fully saturated rings. The van der Waals surface area contributed by atoms with Gasteiger partial charge in [0.1, 0.15) is 5.75 Å². The van der Waals surface area contributed by atoms with Crippen LogP contribution in [-0.2, 0) is 4.79 Å². The first kappa shape index (κ1) is 17.0. The molecule has 2 rings (SSSR count). The van der Waals surface area contributed by atoms with Crippen LogP contribution in [0.4, 0.5) is 0 Å². The lowest BCUT2D eigenvalue weighted by atomic mass is 9.98. The van der Waals surface area contributed by atoms with Crippen LogP contribution in [-0.4, -0.2) is 36.8 Å². The van der Waals surface area contributed by atoms with Crippen LogP contribution in [0.1, 0.15) is 42.5 Å². The van der Waals surface area contributed by atoms with Gasteiger partial charge >= 0.3 is 0 Å². The molecule has 0 N–H and O–H groups in total. The van der Waals surface area contributed by atoms with Crippen LogP contribution in [0.15, 0.2) is 24.3 Å². The third-order valence-corrected chi connectivity index (χ3v) is 4.24. The van der Waals surface area contributed by atoms with Crippen LogP contribution in [0.5, 0.6) is 5.75 Å². The van der Waals surface area contributed by atoms with Gasteiger partial charge in [-0.3, -0.25) is 9.59 Å². The third kappa shape index (κ3) is 4.82. The fourth-order valence-electron chi connectivity index (χ4n) is 2.74. The Kier molecular flexibility index (Phi) is 6.16. The molecule has 1 aliphatic rings. The summed E-state index contributed by atoms with van der Waals surface area (Å²) in [6.07, 6.45) is 2.83. The van der Waals surface area contributed by atoms with E-state index in [0.29, 0.717) is 37.9 Å². The predicted molar refractivity (Wildman–Crippen MR) is 86.1 cm³/mol. The van der Waals surface area contributed by atoms with E-state index in [9.17, 15) is 9.59 Å². The van der Waals surface area contributed by atoms with Gasteiger partial charge in [0.2, 0.25) is 5.91 Å². The molecule has 1 amide bonds. The zero-order chi connectivity index (χ0) is 16.7. The second-order valence-electron chi connectivity index (χ2n) is 5.79. The summed E-state index contributed by atoms with van der Waals surface area (Å²) in [6, 6.07) is 9.27. The van der Waals surface area contributed by atoms with Crippen molar-refractivity contribution in [3.05, 3.63) is 29.8 Å². The molecule has 5 heteroatoms. The van der Waals surface area contributed by atoms with Gasteiger partial charge in [-0.05, 0) is 43.5 Å². The molecule has 1 saturated heterocycles. The Morgan fingerprint density at radius 3 is 2.43 bits per heavy atom. The molecule has 0 aliphatic carbocycles. The highest BCUT2D eigenvalue weighted by atomic mass is 16.5. The van der Waals surface area contributed by atoms with Crippen LogP contribution in [0.3, 0.4) is 0 Å². The molecule has 0 radical (unpaired) electrons. The summed E-state index contributed by atoms with van der Waals surface area (Å²) >= 11 is 0. The average molecular weight is 314 g/mol. The summed E-state index contributed by atoms with van der Waals surface area (Å²) in [4.78, 5) is 26.0. The number of ether oxygens (including phenoxy) is 1. The highest BCUT2D eigenvalue weighted by molar-refractivity contribution is 5.96. The van der Waals surface area contributed by atoms with Crippen LogP contribution >= 0.6 is 0 Å². The Labute approximate surface area is 136 Å². The number of rotatable bonds is 6. The molecule has 0 unspecified atom stereocenters. The molecular formula is C18H22N2O3. The number of hydrogen-bond acceptors (Lipinski definition) is 4. The summed E-state index contributed by atoms with van der Waals surface area (Å²) in [5.41, 5.74) is 0.646. The highest BCUT2D eigenvalue weighted by Crippen LogP contribution is 2.18. The topological polar surface area (TPSA) is 70.4 Å². The van der Waals surface area contributed by atoms with Crippen molar-refractivity contribution in [1.29, 1.82) is 5.26 Å². The van der Waals surface area contributed by atoms with Gasteiger partial charge in [-0.15, -0.1) is 0 Å². The van der Waals surface area contributed by atoms with Crippen LogP contribution in [0.25, 0.3) is 0 Å². The van der Waals surface area contributed by atoms with Crippen LogP contribution < -0.4 is 4.74 Å². The number of nitriles is 1. The minimum atomic E-state index is 0.0450. The standard InChI is InChI=1S/C18H22N2O3/c1-23-16-7-5-15(6-8-16)17(21)3-2-4-18(22)20-11-9-14(13-19)10-12-20/h5-8,14H,2-4,9-12H2,1H3. The third-order valence-electron chi connectivity index (χ3n) is 4.24. The van der Waals surface area contributed by atoms with E-state index in [1.807, 2.05) is 4.90 Å². The first-order chi connectivity index (χ1) is 11.1. The lowest BCUT2D eigenvalue weighted by Gasteiger charge is -2.29. The summed E-state index contributed by atoms with van der Waals surface area (Å²) < 4.78 is 5.06. The van der Waals surface area contributed by atoms with E-state index in [4.69, 9.17) is 10.00 Å². The van der Waals surface area contributed by atoms with E-state index in [1.165, 1.54) is 0 Å². The lowest BCUT2D eigenvalue weighted by Crippen LogP contribution is -2.38. The number of carbonyl (C=O) groups excluding carboxylic acids is 2. The number of carbonyl (C=O) groups is 2. The molecule has 0 aromatic heterocycles. The van der Waals surface area contributed by atoms with Crippen molar-refractivity contribution in [1.82, 2.24) is 4.90 Å². The van der Waals surface area contributed by atoms with Gasteiger partial charge < -0.3 is 9.64 Å². The molecule has 0 atom stereocenters. The maximum Gasteiger partial charge on any atom is 0.222 e. The van der Waals surface area contributed by atoms with Crippen molar-refractivity contribution in [3.8, 4) is 11.8 Å². The van der Waals surface area contributed by atoms with Crippen molar-refractivity contribution in [2.75, 3.05) is 20.2 Å². The first-order valence-electron chi connectivity index (χ1n) is 7.98. The van der Waals surface area contributed by atoms with E-state index in [-0.39, 0.29) is 17.6 Å². The SMILES string of the molecule is COc1ccc(C(=O)CCCC(=O)N2CCC(C#N)CC2)cc1. The number of hydrogen-bond donors (Lipinski definition) is 0. The molecule has 23 heavy (non-hydrogen) atoms. The van der Waals surface area contributed by atoms with Crippen molar-refractivity contribution in [3.63, 3.8) is 0 Å². The van der Waals surface area contributed by atoms with E-state index < -0.39 is 0 Å². The summed E-state index contributed by atoms with van der Waals surface area (Å²) in [5, 5.41) is 8.86. The normalized spacial score (nSPS) is 15.0. The number of amides is 1. The zero-order valence-corrected chi connectivity index (χ0v) is 13.5. The van der Waals surface area contributed by atoms with E-state index in [0.717, 1.165) is 18.6 Å². The van der Waals surface area contributed by atoms with Crippen molar-refractivity contribution in [2.24, 2.45) is 5.92 Å². The summed E-state index contributed by atoms with van der Waals surface area (Å²) in [5.74, 6) is 0.931. The number of ketones is 1. The monoisotopic (exact) mass is 314 g/mol. The molecule has 1 heterocycles. The molecule has 0 bridgehead atoms. The van der Waals surface area contributed by atoms with Gasteiger partial charge in [0.25, 0.3) is 0 Å². The molecule has 0 saturated carbocycles. The van der Waals surface area contributed by atoms with Crippen LogP contribution in [0, 0.1) is 17.2 Å². The van der Waals surface area contributed by atoms with Gasteiger partial charge in [-0.2, -0.15) is 5.26 Å². The Balaban J connectivity index is 1.72. The number of nitrogens with zero attached hydrogens (tertiary/aromatic N) is 2. The molecule has 122 valence electrons. The van der Waals surface area contributed by atoms with E-state index in [1.54, 1.807) is 31.4 Å². The Morgan fingerprint density at radius 2 is 1.87 bits per heavy atom. The number of benzene rings is 1. The highest BCUT2D eigenvalue weighted by Gasteiger charge is 2.22. The second-order valence-corrected chi connectivity index (χ2v) is 5.79. The Hall–Kier alpha value is -2.35. The maximum absolute atomic E-state index is 12.1. The minimum absolute atomic E-state index is 0.0450. The summed E-state index contributed by atoms with van der Waals surface area (Å²) in [6.45, 7) is 1.31. The summed E-state index contributed by atoms with van der Waals surface area (Å²) in [7, 11) is 1.59. The van der Waals surface area contributed by atoms with Crippen molar-refractivity contribution in [2.45, 2.75) is 32.1 Å². The number of piperidine rings is 1. The van der Waals surface area contributed by atoms with Gasteiger partial charge in [0.05, 0.1) is 13.2 Å². The van der Waals surface area contributed by atoms with E-state index >= 15 is 0 Å². The maximum atomic E-state index is 12.1. The number of Topliss-reactive ketones (excluding diaryl/α,β-unsaturated/α-hetero) is 1. The largest absolute Gasteiger partial charge is 0.497 e. The van der Waals surface area contributed by atoms with Crippen LogP contribution in [0.2, 0.25) is 0 Å². The van der Waals surface area contributed by atoms with Gasteiger partial charge in [-0.25, -0.2) is 0 Å². The van der Waals surface area contributed by atoms with Gasteiger partial charge in [-0.1, -0.05) is 0 Å². The first-order valence-corrected chi connectivity index (χ1v) is 7.98.